The Hall–Kier alpha value is -0.870. The minimum atomic E-state index is 0.189. The van der Waals surface area contributed by atoms with Crippen molar-refractivity contribution >= 4 is 0 Å². The third-order valence-electron chi connectivity index (χ3n) is 2.74. The van der Waals surface area contributed by atoms with Crippen LogP contribution in [-0.4, -0.2) is 29.9 Å². The molecule has 1 aliphatic rings. The fourth-order valence-corrected chi connectivity index (χ4v) is 1.84. The summed E-state index contributed by atoms with van der Waals surface area (Å²) in [5.41, 5.74) is 0. The van der Waals surface area contributed by atoms with E-state index in [1.165, 1.54) is 0 Å². The molecule has 1 fully saturated rings. The van der Waals surface area contributed by atoms with Crippen LogP contribution in [0.2, 0.25) is 0 Å². The number of hydrogen-bond acceptors (Lipinski definition) is 4. The predicted octanol–water partition coefficient (Wildman–Crippen LogP) is 1.49. The van der Waals surface area contributed by atoms with Crippen LogP contribution in [0, 0.1) is 0 Å². The third-order valence-corrected chi connectivity index (χ3v) is 2.74. The first-order chi connectivity index (χ1) is 7.40. The number of ether oxygens (including phenoxy) is 1. The molecule has 0 atom stereocenters. The standard InChI is InChI=1S/C11H17NO3/c13-5-1-2-11-12-8-10(15-11)9-3-6-14-7-4-9/h8-9,13H,1-7H2. The van der Waals surface area contributed by atoms with Gasteiger partial charge in [0.2, 0.25) is 0 Å². The van der Waals surface area contributed by atoms with Crippen molar-refractivity contribution in [3.05, 3.63) is 17.8 Å². The fraction of sp³-hybridized carbons (Fsp3) is 0.727. The average Bonchev–Trinajstić information content (AvgIpc) is 2.76. The lowest BCUT2D eigenvalue weighted by molar-refractivity contribution is 0.0803. The molecule has 0 bridgehead atoms. The van der Waals surface area contributed by atoms with Gasteiger partial charge in [-0.15, -0.1) is 0 Å². The molecular weight excluding hydrogens is 194 g/mol. The van der Waals surface area contributed by atoms with Crippen molar-refractivity contribution in [1.29, 1.82) is 0 Å². The summed E-state index contributed by atoms with van der Waals surface area (Å²) in [6.07, 6.45) is 5.30. The Morgan fingerprint density at radius 1 is 1.40 bits per heavy atom. The van der Waals surface area contributed by atoms with E-state index in [0.717, 1.165) is 44.1 Å². The molecule has 0 amide bonds. The van der Waals surface area contributed by atoms with E-state index >= 15 is 0 Å². The minimum absolute atomic E-state index is 0.189. The maximum absolute atomic E-state index is 8.70. The molecule has 2 rings (SSSR count). The van der Waals surface area contributed by atoms with E-state index in [4.69, 9.17) is 14.3 Å². The second kappa shape index (κ2) is 5.28. The van der Waals surface area contributed by atoms with E-state index in [0.29, 0.717) is 12.3 Å². The van der Waals surface area contributed by atoms with Gasteiger partial charge in [-0.2, -0.15) is 0 Å². The van der Waals surface area contributed by atoms with Gasteiger partial charge in [-0.1, -0.05) is 0 Å². The molecule has 84 valence electrons. The number of aliphatic hydroxyl groups is 1. The highest BCUT2D eigenvalue weighted by Crippen LogP contribution is 2.27. The highest BCUT2D eigenvalue weighted by Gasteiger charge is 2.19. The molecule has 1 aromatic rings. The molecule has 4 nitrogen and oxygen atoms in total. The molecule has 0 radical (unpaired) electrons. The van der Waals surface area contributed by atoms with Gasteiger partial charge in [0.25, 0.3) is 0 Å². The number of aromatic nitrogens is 1. The Balaban J connectivity index is 1.93. The zero-order valence-electron chi connectivity index (χ0n) is 8.82. The van der Waals surface area contributed by atoms with Gasteiger partial charge in [0.15, 0.2) is 5.89 Å². The monoisotopic (exact) mass is 211 g/mol. The van der Waals surface area contributed by atoms with Gasteiger partial charge in [0, 0.05) is 32.2 Å². The number of oxazole rings is 1. The van der Waals surface area contributed by atoms with Crippen molar-refractivity contribution in [3.63, 3.8) is 0 Å². The summed E-state index contributed by atoms with van der Waals surface area (Å²) >= 11 is 0. The Morgan fingerprint density at radius 3 is 2.93 bits per heavy atom. The van der Waals surface area contributed by atoms with E-state index in [2.05, 4.69) is 4.98 Å². The molecule has 0 saturated carbocycles. The SMILES string of the molecule is OCCCc1ncc(C2CCOCC2)o1. The number of hydrogen-bond donors (Lipinski definition) is 1. The molecule has 1 aliphatic heterocycles. The van der Waals surface area contributed by atoms with Crippen molar-refractivity contribution in [2.24, 2.45) is 0 Å². The van der Waals surface area contributed by atoms with Crippen LogP contribution in [0.3, 0.4) is 0 Å². The van der Waals surface area contributed by atoms with Gasteiger partial charge >= 0.3 is 0 Å². The van der Waals surface area contributed by atoms with Crippen LogP contribution in [0.1, 0.15) is 36.8 Å². The molecule has 0 unspecified atom stereocenters. The van der Waals surface area contributed by atoms with Crippen LogP contribution in [0.4, 0.5) is 0 Å². The number of aliphatic hydroxyl groups excluding tert-OH is 1. The summed E-state index contributed by atoms with van der Waals surface area (Å²) in [5, 5.41) is 8.70. The molecule has 2 heterocycles. The Labute approximate surface area is 89.3 Å². The number of rotatable bonds is 4. The van der Waals surface area contributed by atoms with Crippen LogP contribution in [-0.2, 0) is 11.2 Å². The second-order valence-electron chi connectivity index (χ2n) is 3.87. The van der Waals surface area contributed by atoms with Gasteiger partial charge in [-0.05, 0) is 19.3 Å². The lowest BCUT2D eigenvalue weighted by Crippen LogP contribution is -2.13. The molecule has 0 aliphatic carbocycles. The highest BCUT2D eigenvalue weighted by atomic mass is 16.5. The fourth-order valence-electron chi connectivity index (χ4n) is 1.84. The van der Waals surface area contributed by atoms with Crippen molar-refractivity contribution < 1.29 is 14.3 Å². The molecular formula is C11H17NO3. The van der Waals surface area contributed by atoms with Gasteiger partial charge in [0.1, 0.15) is 5.76 Å². The third kappa shape index (κ3) is 2.79. The van der Waals surface area contributed by atoms with E-state index in [9.17, 15) is 0 Å². The molecule has 4 heteroatoms. The van der Waals surface area contributed by atoms with E-state index < -0.39 is 0 Å². The maximum atomic E-state index is 8.70. The summed E-state index contributed by atoms with van der Waals surface area (Å²) < 4.78 is 10.9. The van der Waals surface area contributed by atoms with Crippen LogP contribution in [0.25, 0.3) is 0 Å². The van der Waals surface area contributed by atoms with Gasteiger partial charge in [-0.3, -0.25) is 0 Å². The predicted molar refractivity (Wildman–Crippen MR) is 54.7 cm³/mol. The molecule has 0 aromatic carbocycles. The molecule has 1 aromatic heterocycles. The number of aryl methyl sites for hydroxylation is 1. The summed E-state index contributed by atoms with van der Waals surface area (Å²) in [4.78, 5) is 4.21. The van der Waals surface area contributed by atoms with Crippen molar-refractivity contribution in [2.45, 2.75) is 31.6 Å². The van der Waals surface area contributed by atoms with E-state index in [1.54, 1.807) is 0 Å². The van der Waals surface area contributed by atoms with Crippen LogP contribution in [0.15, 0.2) is 10.6 Å². The Morgan fingerprint density at radius 2 is 2.20 bits per heavy atom. The summed E-state index contributed by atoms with van der Waals surface area (Å²) in [6, 6.07) is 0. The van der Waals surface area contributed by atoms with Crippen molar-refractivity contribution in [2.75, 3.05) is 19.8 Å². The van der Waals surface area contributed by atoms with E-state index in [1.807, 2.05) is 6.20 Å². The maximum Gasteiger partial charge on any atom is 0.194 e. The summed E-state index contributed by atoms with van der Waals surface area (Å²) in [7, 11) is 0. The lowest BCUT2D eigenvalue weighted by atomic mass is 9.98. The summed E-state index contributed by atoms with van der Waals surface area (Å²) in [6.45, 7) is 1.82. The molecule has 1 N–H and O–H groups in total. The first-order valence-electron chi connectivity index (χ1n) is 5.53. The lowest BCUT2D eigenvalue weighted by Gasteiger charge is -2.19. The summed E-state index contributed by atoms with van der Waals surface area (Å²) in [5.74, 6) is 2.19. The van der Waals surface area contributed by atoms with Gasteiger partial charge < -0.3 is 14.3 Å². The smallest absolute Gasteiger partial charge is 0.194 e. The first kappa shape index (κ1) is 10.6. The normalized spacial score (nSPS) is 18.2. The zero-order valence-corrected chi connectivity index (χ0v) is 8.82. The number of nitrogens with zero attached hydrogens (tertiary/aromatic N) is 1. The minimum Gasteiger partial charge on any atom is -0.445 e. The average molecular weight is 211 g/mol. The topological polar surface area (TPSA) is 55.5 Å². The highest BCUT2D eigenvalue weighted by molar-refractivity contribution is 5.02. The van der Waals surface area contributed by atoms with Crippen LogP contribution >= 0.6 is 0 Å². The quantitative estimate of drug-likeness (QED) is 0.819. The first-order valence-corrected chi connectivity index (χ1v) is 5.53. The second-order valence-corrected chi connectivity index (χ2v) is 3.87. The Bertz CT molecular complexity index is 292. The molecule has 1 saturated heterocycles. The zero-order chi connectivity index (χ0) is 10.5. The van der Waals surface area contributed by atoms with Gasteiger partial charge in [0.05, 0.1) is 6.20 Å². The van der Waals surface area contributed by atoms with Gasteiger partial charge in [-0.25, -0.2) is 4.98 Å². The largest absolute Gasteiger partial charge is 0.445 e. The molecule has 15 heavy (non-hydrogen) atoms. The van der Waals surface area contributed by atoms with Crippen molar-refractivity contribution in [1.82, 2.24) is 4.98 Å². The van der Waals surface area contributed by atoms with Crippen LogP contribution in [0.5, 0.6) is 0 Å². The van der Waals surface area contributed by atoms with Crippen molar-refractivity contribution in [3.8, 4) is 0 Å². The van der Waals surface area contributed by atoms with E-state index in [-0.39, 0.29) is 6.61 Å². The molecule has 0 spiro atoms. The Kier molecular flexibility index (Phi) is 3.75. The van der Waals surface area contributed by atoms with Crippen LogP contribution < -0.4 is 0 Å².